The molecule has 17 heavy (non-hydrogen) atoms. The summed E-state index contributed by atoms with van der Waals surface area (Å²) < 4.78 is 0. The molecule has 4 aliphatic rings. The van der Waals surface area contributed by atoms with Crippen molar-refractivity contribution >= 4 is 11.6 Å². The van der Waals surface area contributed by atoms with Gasteiger partial charge < -0.3 is 10.2 Å². The van der Waals surface area contributed by atoms with Crippen LogP contribution in [0.5, 0.6) is 0 Å². The maximum atomic E-state index is 11.7. The quantitative estimate of drug-likeness (QED) is 0.665. The van der Waals surface area contributed by atoms with E-state index in [1.54, 1.807) is 0 Å². The van der Waals surface area contributed by atoms with Crippen LogP contribution < -0.4 is 5.32 Å². The van der Waals surface area contributed by atoms with Crippen LogP contribution in [-0.4, -0.2) is 29.2 Å². The maximum Gasteiger partial charge on any atom is 0.244 e. The van der Waals surface area contributed by atoms with Crippen molar-refractivity contribution in [3.8, 4) is 0 Å². The molecule has 86 valence electrons. The Morgan fingerprint density at radius 3 is 3.29 bits per heavy atom. The lowest BCUT2D eigenvalue weighted by molar-refractivity contribution is -0.121. The van der Waals surface area contributed by atoms with Crippen molar-refractivity contribution in [2.45, 2.75) is 12.5 Å². The Morgan fingerprint density at radius 1 is 1.41 bits per heavy atom. The maximum absolute atomic E-state index is 11.7. The van der Waals surface area contributed by atoms with Crippen LogP contribution >= 0.6 is 0 Å². The Balaban J connectivity index is 1.74. The molecule has 4 nitrogen and oxygen atoms in total. The van der Waals surface area contributed by atoms with Crippen molar-refractivity contribution in [1.29, 1.82) is 0 Å². The highest BCUT2D eigenvalue weighted by Crippen LogP contribution is 2.41. The number of nitrogens with one attached hydrogen (secondary N) is 1. The van der Waals surface area contributed by atoms with Crippen molar-refractivity contribution in [1.82, 2.24) is 10.2 Å². The lowest BCUT2D eigenvalue weighted by Crippen LogP contribution is -2.37. The lowest BCUT2D eigenvalue weighted by atomic mass is 9.81. The first-order valence-electron chi connectivity index (χ1n) is 6.01. The molecule has 4 rings (SSSR count). The second-order valence-corrected chi connectivity index (χ2v) is 4.93. The molecule has 1 aliphatic carbocycles. The van der Waals surface area contributed by atoms with Gasteiger partial charge in [0.05, 0.1) is 12.4 Å². The van der Waals surface area contributed by atoms with Gasteiger partial charge in [0.1, 0.15) is 6.04 Å². The molecule has 4 heteroatoms. The summed E-state index contributed by atoms with van der Waals surface area (Å²) in [6.45, 7) is 0.626. The molecule has 1 fully saturated rings. The van der Waals surface area contributed by atoms with Crippen molar-refractivity contribution in [2.75, 3.05) is 6.67 Å². The molecule has 0 aromatic heterocycles. The van der Waals surface area contributed by atoms with E-state index in [4.69, 9.17) is 0 Å². The summed E-state index contributed by atoms with van der Waals surface area (Å²) in [6, 6.07) is 0.0117. The first kappa shape index (κ1) is 9.22. The minimum Gasteiger partial charge on any atom is -0.346 e. The smallest absolute Gasteiger partial charge is 0.244 e. The number of aliphatic imine (C=N–C) groups is 1. The molecule has 0 aromatic carbocycles. The van der Waals surface area contributed by atoms with Crippen molar-refractivity contribution < 1.29 is 4.79 Å². The first-order chi connectivity index (χ1) is 8.33. The van der Waals surface area contributed by atoms with Gasteiger partial charge in [0.2, 0.25) is 5.91 Å². The van der Waals surface area contributed by atoms with Crippen LogP contribution in [0.15, 0.2) is 41.2 Å². The number of rotatable bonds is 0. The lowest BCUT2D eigenvalue weighted by Gasteiger charge is -2.31. The zero-order valence-corrected chi connectivity index (χ0v) is 9.34. The average molecular weight is 227 g/mol. The van der Waals surface area contributed by atoms with Crippen LogP contribution in [0.25, 0.3) is 0 Å². The zero-order valence-electron chi connectivity index (χ0n) is 9.34. The molecule has 0 spiro atoms. The molecule has 1 amide bonds. The molecule has 3 unspecified atom stereocenters. The minimum atomic E-state index is 0.0117. The molecule has 3 heterocycles. The molecule has 0 radical (unpaired) electrons. The van der Waals surface area contributed by atoms with Crippen LogP contribution in [0.2, 0.25) is 0 Å². The highest BCUT2D eigenvalue weighted by Gasteiger charge is 2.43. The first-order valence-corrected chi connectivity index (χ1v) is 6.01. The van der Waals surface area contributed by atoms with Crippen molar-refractivity contribution in [2.24, 2.45) is 16.8 Å². The van der Waals surface area contributed by atoms with E-state index >= 15 is 0 Å². The van der Waals surface area contributed by atoms with Crippen LogP contribution in [0.1, 0.15) is 6.42 Å². The van der Waals surface area contributed by atoms with E-state index in [0.717, 1.165) is 17.8 Å². The summed E-state index contributed by atoms with van der Waals surface area (Å²) in [7, 11) is 0. The number of carbonyl (C=O) groups is 1. The fraction of sp³-hybridized carbons (Fsp3) is 0.385. The molecule has 3 atom stereocenters. The van der Waals surface area contributed by atoms with Crippen molar-refractivity contribution in [3.63, 3.8) is 0 Å². The summed E-state index contributed by atoms with van der Waals surface area (Å²) in [4.78, 5) is 18.5. The summed E-state index contributed by atoms with van der Waals surface area (Å²) in [5.74, 6) is 0.919. The Bertz CT molecular complexity index is 515. The number of fused-ring (bicyclic) bond motifs is 4. The SMILES string of the molecule is O=C1NCN2C=C3N=C4C=CC=CC4C3CC12. The Hall–Kier alpha value is -1.84. The van der Waals surface area contributed by atoms with Gasteiger partial charge in [0, 0.05) is 23.7 Å². The van der Waals surface area contributed by atoms with E-state index < -0.39 is 0 Å². The van der Waals surface area contributed by atoms with Gasteiger partial charge in [-0.3, -0.25) is 9.79 Å². The Labute approximate surface area is 99.4 Å². The van der Waals surface area contributed by atoms with E-state index in [0.29, 0.717) is 18.5 Å². The van der Waals surface area contributed by atoms with Gasteiger partial charge in [-0.15, -0.1) is 0 Å². The largest absolute Gasteiger partial charge is 0.346 e. The second-order valence-electron chi connectivity index (χ2n) is 4.93. The number of nitrogens with zero attached hydrogens (tertiary/aromatic N) is 2. The van der Waals surface area contributed by atoms with E-state index in [2.05, 4.69) is 39.6 Å². The Morgan fingerprint density at radius 2 is 2.35 bits per heavy atom. The molecule has 0 aromatic rings. The van der Waals surface area contributed by atoms with Gasteiger partial charge in [-0.25, -0.2) is 0 Å². The average Bonchev–Trinajstić information content (AvgIpc) is 2.88. The highest BCUT2D eigenvalue weighted by atomic mass is 16.2. The van der Waals surface area contributed by atoms with Gasteiger partial charge in [-0.1, -0.05) is 18.2 Å². The van der Waals surface area contributed by atoms with Crippen molar-refractivity contribution in [3.05, 3.63) is 36.2 Å². The molecule has 3 aliphatic heterocycles. The third-order valence-corrected chi connectivity index (χ3v) is 4.02. The minimum absolute atomic E-state index is 0.0117. The predicted molar refractivity (Wildman–Crippen MR) is 64.0 cm³/mol. The number of hydrogen-bond acceptors (Lipinski definition) is 3. The van der Waals surface area contributed by atoms with Crippen LogP contribution in [0, 0.1) is 11.8 Å². The summed E-state index contributed by atoms with van der Waals surface area (Å²) in [5.41, 5.74) is 2.28. The zero-order chi connectivity index (χ0) is 11.4. The third-order valence-electron chi connectivity index (χ3n) is 4.02. The van der Waals surface area contributed by atoms with Gasteiger partial charge in [-0.2, -0.15) is 0 Å². The fourth-order valence-corrected chi connectivity index (χ4v) is 3.14. The van der Waals surface area contributed by atoms with E-state index in [9.17, 15) is 4.79 Å². The van der Waals surface area contributed by atoms with Gasteiger partial charge >= 0.3 is 0 Å². The number of amides is 1. The summed E-state index contributed by atoms with van der Waals surface area (Å²) in [6.07, 6.45) is 11.3. The fourth-order valence-electron chi connectivity index (χ4n) is 3.14. The Kier molecular flexibility index (Phi) is 1.68. The van der Waals surface area contributed by atoms with Gasteiger partial charge in [-0.05, 0) is 12.5 Å². The van der Waals surface area contributed by atoms with Crippen LogP contribution in [0.3, 0.4) is 0 Å². The molecule has 1 N–H and O–H groups in total. The number of carbonyl (C=O) groups excluding carboxylic acids is 1. The number of allylic oxidation sites excluding steroid dienone is 5. The summed E-state index contributed by atoms with van der Waals surface area (Å²) >= 11 is 0. The van der Waals surface area contributed by atoms with Gasteiger partial charge in [0.15, 0.2) is 0 Å². The summed E-state index contributed by atoms with van der Waals surface area (Å²) in [5, 5.41) is 2.88. The van der Waals surface area contributed by atoms with Gasteiger partial charge in [0.25, 0.3) is 0 Å². The van der Waals surface area contributed by atoms with E-state index in [1.807, 2.05) is 6.08 Å². The molecular formula is C13H13N3O. The predicted octanol–water partition coefficient (Wildman–Crippen LogP) is 0.802. The van der Waals surface area contributed by atoms with E-state index in [1.165, 1.54) is 0 Å². The monoisotopic (exact) mass is 227 g/mol. The second kappa shape index (κ2) is 3.09. The third kappa shape index (κ3) is 1.18. The topological polar surface area (TPSA) is 44.7 Å². The molecule has 0 bridgehead atoms. The highest BCUT2D eigenvalue weighted by molar-refractivity contribution is 6.02. The molecule has 0 saturated carbocycles. The van der Waals surface area contributed by atoms with Crippen LogP contribution in [-0.2, 0) is 4.79 Å². The van der Waals surface area contributed by atoms with Crippen LogP contribution in [0.4, 0.5) is 0 Å². The molecule has 1 saturated heterocycles. The molecular weight excluding hydrogens is 214 g/mol. The van der Waals surface area contributed by atoms with E-state index in [-0.39, 0.29) is 11.9 Å². The standard InChI is InChI=1S/C13H13N3O/c17-13-12-5-9-8-3-1-2-4-10(8)15-11(9)6-16(12)7-14-13/h1-4,6,8-9,12H,5,7H2,(H,14,17). The number of hydrogen-bond donors (Lipinski definition) is 1. The normalized spacial score (nSPS) is 37.1.